The predicted molar refractivity (Wildman–Crippen MR) is 119 cm³/mol. The van der Waals surface area contributed by atoms with E-state index in [9.17, 15) is 18.0 Å². The lowest BCUT2D eigenvalue weighted by atomic mass is 10.2. The third-order valence-corrected chi connectivity index (χ3v) is 5.93. The Morgan fingerprint density at radius 2 is 1.68 bits per heavy atom. The van der Waals surface area contributed by atoms with Gasteiger partial charge in [0.1, 0.15) is 5.58 Å². The third kappa shape index (κ3) is 4.65. The highest BCUT2D eigenvalue weighted by Crippen LogP contribution is 2.21. The molecule has 0 aliphatic rings. The fourth-order valence-corrected chi connectivity index (χ4v) is 4.17. The van der Waals surface area contributed by atoms with Crippen LogP contribution < -0.4 is 15.7 Å². The molecule has 0 bridgehead atoms. The molecule has 0 saturated carbocycles. The molecule has 0 radical (unpaired) electrons. The second-order valence-corrected chi connectivity index (χ2v) is 8.65. The molecule has 3 aromatic carbocycles. The Morgan fingerprint density at radius 1 is 0.871 bits per heavy atom. The van der Waals surface area contributed by atoms with E-state index in [0.717, 1.165) is 5.56 Å². The molecule has 4 aromatic rings. The fraction of sp³-hybridized carbons (Fsp3) is 0.0435. The van der Waals surface area contributed by atoms with Crippen LogP contribution in [0.5, 0.6) is 0 Å². The van der Waals surface area contributed by atoms with E-state index in [2.05, 4.69) is 10.0 Å². The lowest BCUT2D eigenvalue weighted by Gasteiger charge is -2.10. The average Bonchev–Trinajstić information content (AvgIpc) is 2.73. The number of benzene rings is 3. The standard InChI is InChI=1S/C23H18N2O5S/c1-15-4-2-6-19(12-15)25-31(28,29)20-7-3-5-17(14-20)23(27)24-18-9-10-21-16(13-18)8-11-22(26)30-21/h2-14,25H,1H3,(H,24,27). The van der Waals surface area contributed by atoms with Gasteiger partial charge in [-0.1, -0.05) is 18.2 Å². The molecule has 1 aromatic heterocycles. The Labute approximate surface area is 178 Å². The molecule has 0 atom stereocenters. The van der Waals surface area contributed by atoms with Crippen LogP contribution in [0.25, 0.3) is 11.0 Å². The monoisotopic (exact) mass is 434 g/mol. The van der Waals surface area contributed by atoms with Crippen LogP contribution in [0.3, 0.4) is 0 Å². The smallest absolute Gasteiger partial charge is 0.336 e. The molecule has 2 N–H and O–H groups in total. The average molecular weight is 434 g/mol. The largest absolute Gasteiger partial charge is 0.423 e. The maximum Gasteiger partial charge on any atom is 0.336 e. The summed E-state index contributed by atoms with van der Waals surface area (Å²) in [5.41, 5.74) is 1.98. The Bertz CT molecular complexity index is 1460. The van der Waals surface area contributed by atoms with Gasteiger partial charge in [-0.2, -0.15) is 0 Å². The maximum absolute atomic E-state index is 12.7. The van der Waals surface area contributed by atoms with Crippen molar-refractivity contribution in [3.8, 4) is 0 Å². The molecule has 0 saturated heterocycles. The molecular weight excluding hydrogens is 416 g/mol. The zero-order valence-electron chi connectivity index (χ0n) is 16.5. The number of rotatable bonds is 5. The topological polar surface area (TPSA) is 105 Å². The van der Waals surface area contributed by atoms with Crippen molar-refractivity contribution in [3.05, 3.63) is 100 Å². The van der Waals surface area contributed by atoms with E-state index >= 15 is 0 Å². The first-order valence-corrected chi connectivity index (χ1v) is 10.8. The van der Waals surface area contributed by atoms with Crippen LogP contribution in [0.4, 0.5) is 11.4 Å². The summed E-state index contributed by atoms with van der Waals surface area (Å²) in [6.07, 6.45) is 0. The van der Waals surface area contributed by atoms with Crippen LogP contribution in [0, 0.1) is 6.92 Å². The highest BCUT2D eigenvalue weighted by molar-refractivity contribution is 7.92. The Balaban J connectivity index is 1.56. The van der Waals surface area contributed by atoms with Gasteiger partial charge in [0.05, 0.1) is 4.90 Å². The summed E-state index contributed by atoms with van der Waals surface area (Å²) in [6.45, 7) is 1.86. The number of amides is 1. The van der Waals surface area contributed by atoms with E-state index in [1.807, 2.05) is 13.0 Å². The second kappa shape index (κ2) is 8.08. The van der Waals surface area contributed by atoms with Gasteiger partial charge in [0.2, 0.25) is 0 Å². The van der Waals surface area contributed by atoms with Gasteiger partial charge in [-0.05, 0) is 67.1 Å². The summed E-state index contributed by atoms with van der Waals surface area (Å²) in [5.74, 6) is -0.468. The van der Waals surface area contributed by atoms with Crippen LogP contribution in [0.1, 0.15) is 15.9 Å². The van der Waals surface area contributed by atoms with Crippen LogP contribution >= 0.6 is 0 Å². The Kier molecular flexibility index (Phi) is 5.31. The normalized spacial score (nSPS) is 11.3. The number of hydrogen-bond donors (Lipinski definition) is 2. The third-order valence-electron chi connectivity index (χ3n) is 4.55. The number of hydrogen-bond acceptors (Lipinski definition) is 5. The van der Waals surface area contributed by atoms with E-state index in [0.29, 0.717) is 22.3 Å². The van der Waals surface area contributed by atoms with E-state index in [1.165, 1.54) is 30.3 Å². The van der Waals surface area contributed by atoms with Gasteiger partial charge in [0.15, 0.2) is 0 Å². The SMILES string of the molecule is Cc1cccc(NS(=O)(=O)c2cccc(C(=O)Nc3ccc4oc(=O)ccc4c3)c2)c1. The number of anilines is 2. The van der Waals surface area contributed by atoms with Crippen molar-refractivity contribution in [3.63, 3.8) is 0 Å². The molecule has 31 heavy (non-hydrogen) atoms. The van der Waals surface area contributed by atoms with Crippen LogP contribution in [0.15, 0.2) is 93.0 Å². The fourth-order valence-electron chi connectivity index (χ4n) is 3.08. The molecule has 0 unspecified atom stereocenters. The summed E-state index contributed by atoms with van der Waals surface area (Å²) in [7, 11) is -3.86. The predicted octanol–water partition coefficient (Wildman–Crippen LogP) is 4.15. The number of aryl methyl sites for hydroxylation is 1. The van der Waals surface area contributed by atoms with Crippen LogP contribution in [-0.2, 0) is 10.0 Å². The molecule has 0 fully saturated rings. The van der Waals surface area contributed by atoms with Crippen molar-refractivity contribution in [2.24, 2.45) is 0 Å². The van der Waals surface area contributed by atoms with Crippen molar-refractivity contribution in [1.29, 1.82) is 0 Å². The molecule has 7 nitrogen and oxygen atoms in total. The Morgan fingerprint density at radius 3 is 2.48 bits per heavy atom. The Hall–Kier alpha value is -3.91. The molecular formula is C23H18N2O5S. The van der Waals surface area contributed by atoms with E-state index < -0.39 is 21.6 Å². The van der Waals surface area contributed by atoms with E-state index in [-0.39, 0.29) is 10.5 Å². The number of nitrogens with one attached hydrogen (secondary N) is 2. The molecule has 0 spiro atoms. The van der Waals surface area contributed by atoms with Crippen molar-refractivity contribution in [2.75, 3.05) is 10.0 Å². The molecule has 0 aliphatic carbocycles. The highest BCUT2D eigenvalue weighted by atomic mass is 32.2. The highest BCUT2D eigenvalue weighted by Gasteiger charge is 2.17. The van der Waals surface area contributed by atoms with Crippen molar-refractivity contribution in [2.45, 2.75) is 11.8 Å². The lowest BCUT2D eigenvalue weighted by Crippen LogP contribution is -2.16. The zero-order valence-corrected chi connectivity index (χ0v) is 17.3. The minimum Gasteiger partial charge on any atom is -0.423 e. The molecule has 8 heteroatoms. The summed E-state index contributed by atoms with van der Waals surface area (Å²) < 4.78 is 33.1. The lowest BCUT2D eigenvalue weighted by molar-refractivity contribution is 0.102. The van der Waals surface area contributed by atoms with Crippen molar-refractivity contribution >= 4 is 38.3 Å². The van der Waals surface area contributed by atoms with Gasteiger partial charge in [0, 0.05) is 28.4 Å². The first-order chi connectivity index (χ1) is 14.8. The summed E-state index contributed by atoms with van der Waals surface area (Å²) >= 11 is 0. The van der Waals surface area contributed by atoms with Gasteiger partial charge in [-0.3, -0.25) is 9.52 Å². The van der Waals surface area contributed by atoms with Gasteiger partial charge in [-0.25, -0.2) is 13.2 Å². The number of carbonyl (C=O) groups is 1. The molecule has 0 aliphatic heterocycles. The second-order valence-electron chi connectivity index (χ2n) is 6.96. The van der Waals surface area contributed by atoms with Crippen molar-refractivity contribution in [1.82, 2.24) is 0 Å². The van der Waals surface area contributed by atoms with Crippen LogP contribution in [0.2, 0.25) is 0 Å². The van der Waals surface area contributed by atoms with E-state index in [1.54, 1.807) is 42.5 Å². The minimum absolute atomic E-state index is 0.0260. The molecule has 1 heterocycles. The number of fused-ring (bicyclic) bond motifs is 1. The summed E-state index contributed by atoms with van der Waals surface area (Å²) in [6, 6.07) is 20.5. The minimum atomic E-state index is -3.86. The maximum atomic E-state index is 12.7. The summed E-state index contributed by atoms with van der Waals surface area (Å²) in [4.78, 5) is 23.9. The van der Waals surface area contributed by atoms with Gasteiger partial charge in [0.25, 0.3) is 15.9 Å². The summed E-state index contributed by atoms with van der Waals surface area (Å²) in [5, 5.41) is 3.38. The first-order valence-electron chi connectivity index (χ1n) is 9.35. The van der Waals surface area contributed by atoms with Gasteiger partial charge < -0.3 is 9.73 Å². The molecule has 4 rings (SSSR count). The quantitative estimate of drug-likeness (QED) is 0.459. The van der Waals surface area contributed by atoms with Crippen molar-refractivity contribution < 1.29 is 17.6 Å². The van der Waals surface area contributed by atoms with Gasteiger partial charge >= 0.3 is 5.63 Å². The zero-order chi connectivity index (χ0) is 22.0. The molecule has 1 amide bonds. The molecule has 156 valence electrons. The van der Waals surface area contributed by atoms with E-state index in [4.69, 9.17) is 4.42 Å². The van der Waals surface area contributed by atoms with Gasteiger partial charge in [-0.15, -0.1) is 0 Å². The first kappa shape index (κ1) is 20.4. The number of carbonyl (C=O) groups excluding carboxylic acids is 1. The number of sulfonamides is 1. The van der Waals surface area contributed by atoms with Crippen LogP contribution in [-0.4, -0.2) is 14.3 Å².